The van der Waals surface area contributed by atoms with E-state index < -0.39 is 11.7 Å². The highest BCUT2D eigenvalue weighted by Gasteiger charge is 2.24. The highest BCUT2D eigenvalue weighted by atomic mass is 19.1. The van der Waals surface area contributed by atoms with E-state index in [4.69, 9.17) is 5.73 Å². The molecule has 1 fully saturated rings. The fourth-order valence-electron chi connectivity index (χ4n) is 1.77. The van der Waals surface area contributed by atoms with Crippen molar-refractivity contribution < 1.29 is 14.0 Å². The van der Waals surface area contributed by atoms with Gasteiger partial charge in [-0.2, -0.15) is 0 Å². The number of hydrogen-bond donors (Lipinski definition) is 2. The Morgan fingerprint density at radius 3 is 3.11 bits per heavy atom. The molecule has 0 radical (unpaired) electrons. The van der Waals surface area contributed by atoms with E-state index in [0.29, 0.717) is 19.5 Å². The van der Waals surface area contributed by atoms with Crippen molar-refractivity contribution in [1.29, 1.82) is 0 Å². The predicted octanol–water partition coefficient (Wildman–Crippen LogP) is -0.235. The summed E-state index contributed by atoms with van der Waals surface area (Å²) in [5.41, 5.74) is 5.15. The fraction of sp³-hybridized carbons (Fsp3) is 0.364. The Labute approximate surface area is 103 Å². The number of carbonyl (C=O) groups is 2. The molecule has 0 spiro atoms. The molecule has 1 aliphatic heterocycles. The van der Waals surface area contributed by atoms with Gasteiger partial charge in [0, 0.05) is 19.3 Å². The normalized spacial score (nSPS) is 16.1. The summed E-state index contributed by atoms with van der Waals surface area (Å²) in [4.78, 5) is 28.3. The Bertz CT molecular complexity index is 492. The maximum absolute atomic E-state index is 13.7. The molecule has 2 rings (SSSR count). The van der Waals surface area contributed by atoms with E-state index in [1.165, 1.54) is 17.2 Å². The number of nitrogen functional groups attached to an aromatic ring is 1. The first-order chi connectivity index (χ1) is 8.59. The third kappa shape index (κ3) is 2.39. The zero-order chi connectivity index (χ0) is 13.1. The minimum absolute atomic E-state index is 0.0689. The zero-order valence-electron chi connectivity index (χ0n) is 9.65. The van der Waals surface area contributed by atoms with Crippen LogP contribution in [-0.2, 0) is 4.79 Å². The molecule has 18 heavy (non-hydrogen) atoms. The Balaban J connectivity index is 2.24. The maximum Gasteiger partial charge on any atom is 0.257 e. The lowest BCUT2D eigenvalue weighted by molar-refractivity contribution is -0.121. The fourth-order valence-corrected chi connectivity index (χ4v) is 1.77. The van der Waals surface area contributed by atoms with E-state index in [2.05, 4.69) is 10.3 Å². The van der Waals surface area contributed by atoms with Crippen LogP contribution in [0.25, 0.3) is 0 Å². The molecule has 0 unspecified atom stereocenters. The van der Waals surface area contributed by atoms with Crippen molar-refractivity contribution in [1.82, 2.24) is 15.2 Å². The molecule has 0 aliphatic carbocycles. The van der Waals surface area contributed by atoms with Crippen molar-refractivity contribution in [3.8, 4) is 0 Å². The van der Waals surface area contributed by atoms with Crippen molar-refractivity contribution in [2.45, 2.75) is 6.42 Å². The van der Waals surface area contributed by atoms with Crippen LogP contribution in [0.1, 0.15) is 16.8 Å². The van der Waals surface area contributed by atoms with Gasteiger partial charge in [0.15, 0.2) is 11.6 Å². The molecule has 2 amide bonds. The monoisotopic (exact) mass is 252 g/mol. The van der Waals surface area contributed by atoms with Gasteiger partial charge >= 0.3 is 0 Å². The summed E-state index contributed by atoms with van der Waals surface area (Å²) in [6.45, 7) is 0.851. The number of halogens is 1. The molecule has 0 bridgehead atoms. The van der Waals surface area contributed by atoms with Crippen molar-refractivity contribution in [2.24, 2.45) is 0 Å². The molecule has 3 N–H and O–H groups in total. The van der Waals surface area contributed by atoms with Crippen LogP contribution in [0.2, 0.25) is 0 Å². The van der Waals surface area contributed by atoms with Crippen molar-refractivity contribution in [3.05, 3.63) is 23.6 Å². The lowest BCUT2D eigenvalue weighted by Gasteiger charge is -2.19. The number of pyridine rings is 1. The number of hydrogen-bond acceptors (Lipinski definition) is 4. The number of anilines is 1. The van der Waals surface area contributed by atoms with Crippen LogP contribution in [0, 0.1) is 5.82 Å². The quantitative estimate of drug-likeness (QED) is 0.722. The minimum atomic E-state index is -0.841. The summed E-state index contributed by atoms with van der Waals surface area (Å²) in [5.74, 6) is -1.95. The lowest BCUT2D eigenvalue weighted by atomic mass is 10.2. The van der Waals surface area contributed by atoms with Crippen molar-refractivity contribution >= 4 is 17.6 Å². The van der Waals surface area contributed by atoms with Crippen LogP contribution in [-0.4, -0.2) is 41.3 Å². The van der Waals surface area contributed by atoms with Gasteiger partial charge in [0.2, 0.25) is 5.91 Å². The summed E-state index contributed by atoms with van der Waals surface area (Å²) >= 11 is 0. The van der Waals surface area contributed by atoms with E-state index in [1.54, 1.807) is 0 Å². The van der Waals surface area contributed by atoms with Crippen molar-refractivity contribution in [2.75, 3.05) is 25.4 Å². The molecule has 0 saturated carbocycles. The number of nitrogens with zero attached hydrogens (tertiary/aromatic N) is 2. The molecule has 1 saturated heterocycles. The summed E-state index contributed by atoms with van der Waals surface area (Å²) in [5, 5.41) is 2.64. The van der Waals surface area contributed by atoms with Crippen LogP contribution >= 0.6 is 0 Å². The van der Waals surface area contributed by atoms with Gasteiger partial charge in [-0.15, -0.1) is 0 Å². The SMILES string of the molecule is Nc1nccc(C(=O)N2CCCNC(=O)C2)c1F. The molecule has 1 aromatic heterocycles. The Hall–Kier alpha value is -2.18. The third-order valence-electron chi connectivity index (χ3n) is 2.70. The van der Waals surface area contributed by atoms with Gasteiger partial charge in [-0.1, -0.05) is 0 Å². The number of nitrogens with one attached hydrogen (secondary N) is 1. The van der Waals surface area contributed by atoms with Crippen LogP contribution in [0.15, 0.2) is 12.3 Å². The van der Waals surface area contributed by atoms with Gasteiger partial charge in [0.1, 0.15) is 0 Å². The van der Waals surface area contributed by atoms with Gasteiger partial charge in [0.25, 0.3) is 5.91 Å². The average Bonchev–Trinajstić information content (AvgIpc) is 2.56. The third-order valence-corrected chi connectivity index (χ3v) is 2.70. The molecular weight excluding hydrogens is 239 g/mol. The second-order valence-electron chi connectivity index (χ2n) is 3.99. The van der Waals surface area contributed by atoms with E-state index in [0.717, 1.165) is 0 Å². The topological polar surface area (TPSA) is 88.3 Å². The van der Waals surface area contributed by atoms with Gasteiger partial charge in [-0.25, -0.2) is 9.37 Å². The number of amides is 2. The zero-order valence-corrected chi connectivity index (χ0v) is 9.65. The maximum atomic E-state index is 13.7. The molecule has 1 aromatic rings. The van der Waals surface area contributed by atoms with Crippen molar-refractivity contribution in [3.63, 3.8) is 0 Å². The summed E-state index contributed by atoms with van der Waals surface area (Å²) in [6, 6.07) is 1.26. The van der Waals surface area contributed by atoms with Gasteiger partial charge in [0.05, 0.1) is 12.1 Å². The van der Waals surface area contributed by atoms with Gasteiger partial charge in [-0.05, 0) is 12.5 Å². The Kier molecular flexibility index (Phi) is 3.40. The van der Waals surface area contributed by atoms with E-state index >= 15 is 0 Å². The average molecular weight is 252 g/mol. The van der Waals surface area contributed by atoms with Gasteiger partial charge < -0.3 is 16.0 Å². The molecule has 0 atom stereocenters. The smallest absolute Gasteiger partial charge is 0.257 e. The molecule has 0 aromatic carbocycles. The predicted molar refractivity (Wildman–Crippen MR) is 62.1 cm³/mol. The van der Waals surface area contributed by atoms with E-state index in [1.807, 2.05) is 0 Å². The van der Waals surface area contributed by atoms with E-state index in [-0.39, 0.29) is 23.8 Å². The largest absolute Gasteiger partial charge is 0.381 e. The number of nitrogens with two attached hydrogens (primary N) is 1. The summed E-state index contributed by atoms with van der Waals surface area (Å²) < 4.78 is 13.7. The van der Waals surface area contributed by atoms with E-state index in [9.17, 15) is 14.0 Å². The number of carbonyl (C=O) groups excluding carboxylic acids is 2. The molecule has 6 nitrogen and oxygen atoms in total. The Morgan fingerprint density at radius 1 is 1.56 bits per heavy atom. The molecule has 7 heteroatoms. The second-order valence-corrected chi connectivity index (χ2v) is 3.99. The first-order valence-electron chi connectivity index (χ1n) is 5.55. The van der Waals surface area contributed by atoms with Crippen LogP contribution in [0.4, 0.5) is 10.2 Å². The molecule has 1 aliphatic rings. The molecule has 2 heterocycles. The summed E-state index contributed by atoms with van der Waals surface area (Å²) in [7, 11) is 0. The first-order valence-corrected chi connectivity index (χ1v) is 5.55. The molecule has 96 valence electrons. The summed E-state index contributed by atoms with van der Waals surface area (Å²) in [6.07, 6.45) is 1.91. The lowest BCUT2D eigenvalue weighted by Crippen LogP contribution is -2.37. The molecular formula is C11H13FN4O2. The van der Waals surface area contributed by atoms with Gasteiger partial charge in [-0.3, -0.25) is 9.59 Å². The first kappa shape index (κ1) is 12.3. The van der Waals surface area contributed by atoms with Crippen LogP contribution in [0.5, 0.6) is 0 Å². The Morgan fingerprint density at radius 2 is 2.33 bits per heavy atom. The van der Waals surface area contributed by atoms with Crippen LogP contribution < -0.4 is 11.1 Å². The van der Waals surface area contributed by atoms with Crippen LogP contribution in [0.3, 0.4) is 0 Å². The standard InChI is InChI=1S/C11H13FN4O2/c12-9-7(2-4-15-10(9)13)11(18)16-5-1-3-14-8(17)6-16/h2,4H,1,3,5-6H2,(H2,13,15)(H,14,17). The minimum Gasteiger partial charge on any atom is -0.381 e. The number of rotatable bonds is 1. The second kappa shape index (κ2) is 4.99. The highest BCUT2D eigenvalue weighted by Crippen LogP contribution is 2.14. The number of aromatic nitrogens is 1. The highest BCUT2D eigenvalue weighted by molar-refractivity contribution is 5.97.